The number of nitrogens with zero attached hydrogens (tertiary/aromatic N) is 4. The molecule has 0 aromatic rings. The highest BCUT2D eigenvalue weighted by Gasteiger charge is 2.52. The molecular weight excluding hydrogens is 783 g/mol. The molecule has 1 atom stereocenters. The lowest BCUT2D eigenvalue weighted by atomic mass is 9.75. The lowest BCUT2D eigenvalue weighted by Crippen LogP contribution is -2.69. The molecular formula is C54H105N5O4. The zero-order chi connectivity index (χ0) is 46.6. The molecule has 0 radical (unpaired) electrons. The van der Waals surface area contributed by atoms with Crippen LogP contribution in [-0.4, -0.2) is 160 Å². The van der Waals surface area contributed by atoms with Crippen molar-refractivity contribution in [1.29, 1.82) is 0 Å². The molecule has 1 aliphatic carbocycles. The summed E-state index contributed by atoms with van der Waals surface area (Å²) in [5.41, 5.74) is 4.98. The summed E-state index contributed by atoms with van der Waals surface area (Å²) in [6, 6.07) is 0. The Kier molecular flexibility index (Phi) is 17.6. The molecule has 370 valence electrons. The zero-order valence-corrected chi connectivity index (χ0v) is 44.7. The van der Waals surface area contributed by atoms with Crippen molar-refractivity contribution in [2.24, 2.45) is 32.5 Å². The van der Waals surface area contributed by atoms with E-state index in [9.17, 15) is 0 Å². The minimum atomic E-state index is 0.339. The molecule has 1 N–H and O–H groups in total. The molecule has 0 bridgehead atoms. The van der Waals surface area contributed by atoms with Crippen LogP contribution in [0.15, 0.2) is 0 Å². The number of ether oxygens (including phenoxy) is 4. The first kappa shape index (κ1) is 53.6. The van der Waals surface area contributed by atoms with Crippen LogP contribution in [0.1, 0.15) is 175 Å². The van der Waals surface area contributed by atoms with Crippen molar-refractivity contribution >= 4 is 0 Å². The van der Waals surface area contributed by atoms with Gasteiger partial charge in [0.2, 0.25) is 0 Å². The predicted octanol–water partition coefficient (Wildman–Crippen LogP) is 10.0. The number of piperidine rings is 2. The maximum atomic E-state index is 5.54. The van der Waals surface area contributed by atoms with Gasteiger partial charge >= 0.3 is 0 Å². The van der Waals surface area contributed by atoms with Crippen molar-refractivity contribution in [3.05, 3.63) is 0 Å². The Morgan fingerprint density at radius 2 is 0.683 bits per heavy atom. The minimum Gasteiger partial charge on any atom is -0.381 e. The zero-order valence-electron chi connectivity index (χ0n) is 44.7. The highest BCUT2D eigenvalue weighted by atomic mass is 16.5. The molecule has 0 aromatic carbocycles. The van der Waals surface area contributed by atoms with Gasteiger partial charge in [-0.3, -0.25) is 19.6 Å². The third-order valence-corrected chi connectivity index (χ3v) is 16.2. The fraction of sp³-hybridized carbons (Fsp3) is 1.00. The second-order valence-corrected chi connectivity index (χ2v) is 28.2. The highest BCUT2D eigenvalue weighted by Crippen LogP contribution is 2.50. The molecule has 9 saturated heterocycles. The summed E-state index contributed by atoms with van der Waals surface area (Å²) in [5, 5.41) is 3.38. The first-order chi connectivity index (χ1) is 29.0. The van der Waals surface area contributed by atoms with Gasteiger partial charge in [-0.25, -0.2) is 0 Å². The molecule has 63 heavy (non-hydrogen) atoms. The van der Waals surface area contributed by atoms with Crippen LogP contribution in [0.2, 0.25) is 0 Å². The molecule has 0 amide bonds. The third-order valence-electron chi connectivity index (χ3n) is 16.2. The monoisotopic (exact) mass is 888 g/mol. The van der Waals surface area contributed by atoms with E-state index in [1.54, 1.807) is 0 Å². The second-order valence-electron chi connectivity index (χ2n) is 28.2. The van der Waals surface area contributed by atoms with Crippen molar-refractivity contribution in [2.75, 3.05) is 118 Å². The van der Waals surface area contributed by atoms with E-state index in [1.807, 2.05) is 0 Å². The van der Waals surface area contributed by atoms with Crippen molar-refractivity contribution in [3.63, 3.8) is 0 Å². The SMILES string of the molecule is C1CC2(CC2)CN1.CC(C)(C)C.CC(C)(C)N1CC2(COC2)C1.CC(C)(C)N1CCC2(CC1)COC2.CC(C)(C)N1CCC2(CCOC2)C1.CC(C)(C)N1CCC2(CCOC2)CC1. The molecule has 10 fully saturated rings. The summed E-state index contributed by atoms with van der Waals surface area (Å²) in [7, 11) is 0. The van der Waals surface area contributed by atoms with E-state index in [1.165, 1.54) is 130 Å². The number of nitrogens with one attached hydrogen (secondary N) is 1. The Morgan fingerprint density at radius 1 is 0.333 bits per heavy atom. The van der Waals surface area contributed by atoms with E-state index >= 15 is 0 Å². The summed E-state index contributed by atoms with van der Waals surface area (Å²) in [6.07, 6.45) is 13.7. The van der Waals surface area contributed by atoms with Crippen molar-refractivity contribution in [1.82, 2.24) is 24.9 Å². The van der Waals surface area contributed by atoms with E-state index in [0.717, 1.165) is 58.3 Å². The first-order valence-corrected chi connectivity index (χ1v) is 26.0. The van der Waals surface area contributed by atoms with E-state index < -0.39 is 0 Å². The predicted molar refractivity (Wildman–Crippen MR) is 265 cm³/mol. The number of hydrogen-bond acceptors (Lipinski definition) is 9. The Labute approximate surface area is 390 Å². The maximum absolute atomic E-state index is 5.54. The van der Waals surface area contributed by atoms with Crippen LogP contribution in [0, 0.1) is 32.5 Å². The summed E-state index contributed by atoms with van der Waals surface area (Å²) >= 11 is 0. The van der Waals surface area contributed by atoms with Gasteiger partial charge in [0.15, 0.2) is 0 Å². The molecule has 9 aliphatic heterocycles. The molecule has 10 aliphatic rings. The molecule has 5 spiro atoms. The van der Waals surface area contributed by atoms with E-state index in [2.05, 4.69) is 136 Å². The van der Waals surface area contributed by atoms with Crippen LogP contribution in [-0.2, 0) is 18.9 Å². The van der Waals surface area contributed by atoms with Crippen molar-refractivity contribution in [2.45, 2.75) is 197 Å². The Balaban J connectivity index is 0.000000146. The topological polar surface area (TPSA) is 61.9 Å². The van der Waals surface area contributed by atoms with E-state index in [-0.39, 0.29) is 0 Å². The summed E-state index contributed by atoms with van der Waals surface area (Å²) < 4.78 is 21.6. The number of hydrogen-bond donors (Lipinski definition) is 1. The standard InChI is InChI=1S/C12H23NO.2C11H21NO.C9H17NO.C6H11N.C5H12/c1-11(2,3)13-7-4-12(5-8-13)6-9-14-10-12;1-10(2,3)12-6-4-11(8-12)5-7-13-9-11;1-10(2,3)12-6-4-11(5-7-12)8-13-9-11;1-8(2,3)10-4-9(5-10)6-11-7-9;1-2-6(1)3-4-7-5-6;1-5(2,3)4/h4-10H2,1-3H3;2*4-9H2,1-3H3;4-7H2,1-3H3;7H,1-5H2;1-4H3. The molecule has 9 nitrogen and oxygen atoms in total. The van der Waals surface area contributed by atoms with Crippen LogP contribution in [0.5, 0.6) is 0 Å². The van der Waals surface area contributed by atoms with E-state index in [0.29, 0.717) is 49.2 Å². The van der Waals surface area contributed by atoms with Gasteiger partial charge in [-0.1, -0.05) is 27.7 Å². The van der Waals surface area contributed by atoms with Gasteiger partial charge < -0.3 is 24.3 Å². The lowest BCUT2D eigenvalue weighted by Gasteiger charge is -2.59. The van der Waals surface area contributed by atoms with Gasteiger partial charge in [0.25, 0.3) is 0 Å². The summed E-state index contributed by atoms with van der Waals surface area (Å²) in [5.74, 6) is 0. The fourth-order valence-corrected chi connectivity index (χ4v) is 10.7. The lowest BCUT2D eigenvalue weighted by molar-refractivity contribution is -0.207. The van der Waals surface area contributed by atoms with Gasteiger partial charge in [0, 0.05) is 77.8 Å². The van der Waals surface area contributed by atoms with Gasteiger partial charge in [-0.05, 0) is 203 Å². The largest absolute Gasteiger partial charge is 0.381 e. The third kappa shape index (κ3) is 16.1. The summed E-state index contributed by atoms with van der Waals surface area (Å²) in [4.78, 5) is 10.3. The second kappa shape index (κ2) is 20.7. The van der Waals surface area contributed by atoms with Crippen LogP contribution in [0.3, 0.4) is 0 Å². The maximum Gasteiger partial charge on any atom is 0.0569 e. The Morgan fingerprint density at radius 3 is 0.968 bits per heavy atom. The summed E-state index contributed by atoms with van der Waals surface area (Å²) in [6.45, 7) is 57.0. The highest BCUT2D eigenvalue weighted by molar-refractivity contribution is 5.03. The average Bonchev–Trinajstić information content (AvgIpc) is 3.61. The quantitative estimate of drug-likeness (QED) is 0.256. The Hall–Kier alpha value is -0.360. The number of likely N-dealkylation sites (tertiary alicyclic amines) is 4. The van der Waals surface area contributed by atoms with Gasteiger partial charge in [0.05, 0.1) is 39.6 Å². The molecule has 9 heteroatoms. The van der Waals surface area contributed by atoms with Gasteiger partial charge in [-0.15, -0.1) is 0 Å². The van der Waals surface area contributed by atoms with Crippen LogP contribution >= 0.6 is 0 Å². The van der Waals surface area contributed by atoms with Crippen LogP contribution < -0.4 is 5.32 Å². The molecule has 1 unspecified atom stereocenters. The van der Waals surface area contributed by atoms with Crippen LogP contribution in [0.25, 0.3) is 0 Å². The number of rotatable bonds is 0. The molecule has 9 heterocycles. The fourth-order valence-electron chi connectivity index (χ4n) is 10.7. The van der Waals surface area contributed by atoms with Crippen LogP contribution in [0.4, 0.5) is 0 Å². The normalized spacial score (nSPS) is 29.7. The first-order valence-electron chi connectivity index (χ1n) is 26.0. The molecule has 10 rings (SSSR count). The van der Waals surface area contributed by atoms with Crippen molar-refractivity contribution < 1.29 is 18.9 Å². The van der Waals surface area contributed by atoms with Crippen molar-refractivity contribution in [3.8, 4) is 0 Å². The average molecular weight is 888 g/mol. The molecule has 1 saturated carbocycles. The molecule has 0 aromatic heterocycles. The smallest absolute Gasteiger partial charge is 0.0569 e. The van der Waals surface area contributed by atoms with E-state index in [4.69, 9.17) is 18.9 Å². The van der Waals surface area contributed by atoms with Gasteiger partial charge in [-0.2, -0.15) is 0 Å². The Bertz CT molecular complexity index is 1330. The van der Waals surface area contributed by atoms with Gasteiger partial charge in [0.1, 0.15) is 0 Å². The minimum absolute atomic E-state index is 0.339.